The molecule has 2 N–H and O–H groups in total. The van der Waals surface area contributed by atoms with Gasteiger partial charge in [-0.2, -0.15) is 0 Å². The molecule has 4 heteroatoms. The van der Waals surface area contributed by atoms with Crippen molar-refractivity contribution in [2.45, 2.75) is 18.9 Å². The zero-order chi connectivity index (χ0) is 6.85. The molecule has 1 rings (SSSR count). The standard InChI is InChI=1S/C5H7NO3/c6-5(8)3-1-2-4(7)9-3/h3H,1-2H2,(H2,6,8)/t3-/m1/s1. The average Bonchev–Trinajstić information content (AvgIpc) is 2.14. The molecular weight excluding hydrogens is 122 g/mol. The van der Waals surface area contributed by atoms with Gasteiger partial charge in [0.1, 0.15) is 0 Å². The molecule has 1 heterocycles. The van der Waals surface area contributed by atoms with Crippen LogP contribution in [0.3, 0.4) is 0 Å². The molecule has 4 nitrogen and oxygen atoms in total. The summed E-state index contributed by atoms with van der Waals surface area (Å²) in [4.78, 5) is 20.6. The predicted molar refractivity (Wildman–Crippen MR) is 28.3 cm³/mol. The van der Waals surface area contributed by atoms with Gasteiger partial charge in [-0.25, -0.2) is 0 Å². The van der Waals surface area contributed by atoms with E-state index in [2.05, 4.69) is 4.74 Å². The van der Waals surface area contributed by atoms with Crippen molar-refractivity contribution in [2.75, 3.05) is 0 Å². The highest BCUT2D eigenvalue weighted by molar-refractivity contribution is 5.85. The molecule has 1 fully saturated rings. The van der Waals surface area contributed by atoms with E-state index in [-0.39, 0.29) is 5.97 Å². The van der Waals surface area contributed by atoms with E-state index in [4.69, 9.17) is 5.73 Å². The molecule has 50 valence electrons. The van der Waals surface area contributed by atoms with Crippen molar-refractivity contribution in [1.82, 2.24) is 0 Å². The highest BCUT2D eigenvalue weighted by Crippen LogP contribution is 2.12. The molecule has 0 aliphatic carbocycles. The third-order valence-electron chi connectivity index (χ3n) is 1.20. The molecule has 0 saturated carbocycles. The van der Waals surface area contributed by atoms with Crippen molar-refractivity contribution >= 4 is 11.9 Å². The van der Waals surface area contributed by atoms with E-state index in [0.717, 1.165) is 0 Å². The van der Waals surface area contributed by atoms with Crippen molar-refractivity contribution in [1.29, 1.82) is 0 Å². The molecule has 1 aliphatic rings. The Kier molecular flexibility index (Phi) is 1.38. The zero-order valence-corrected chi connectivity index (χ0v) is 4.79. The molecule has 1 saturated heterocycles. The maximum absolute atomic E-state index is 10.3. The van der Waals surface area contributed by atoms with Gasteiger partial charge in [0, 0.05) is 12.8 Å². The number of ether oxygens (including phenoxy) is 1. The van der Waals surface area contributed by atoms with E-state index in [9.17, 15) is 9.59 Å². The molecule has 1 atom stereocenters. The first-order valence-corrected chi connectivity index (χ1v) is 2.69. The first-order valence-electron chi connectivity index (χ1n) is 2.69. The van der Waals surface area contributed by atoms with Crippen LogP contribution >= 0.6 is 0 Å². The second-order valence-electron chi connectivity index (χ2n) is 1.92. The lowest BCUT2D eigenvalue weighted by Gasteiger charge is -2.00. The van der Waals surface area contributed by atoms with Crippen LogP contribution in [0.25, 0.3) is 0 Å². The van der Waals surface area contributed by atoms with Gasteiger partial charge in [0.25, 0.3) is 5.91 Å². The third kappa shape index (κ3) is 1.19. The highest BCUT2D eigenvalue weighted by atomic mass is 16.6. The Balaban J connectivity index is 2.48. The lowest BCUT2D eigenvalue weighted by molar-refractivity contribution is -0.146. The number of amides is 1. The number of rotatable bonds is 1. The normalized spacial score (nSPS) is 25.8. The Labute approximate surface area is 52.0 Å². The molecule has 9 heavy (non-hydrogen) atoms. The van der Waals surface area contributed by atoms with Gasteiger partial charge in [0.05, 0.1) is 0 Å². The number of esters is 1. The summed E-state index contributed by atoms with van der Waals surface area (Å²) in [6.45, 7) is 0. The maximum Gasteiger partial charge on any atom is 0.306 e. The monoisotopic (exact) mass is 129 g/mol. The van der Waals surface area contributed by atoms with Crippen LogP contribution in [0.1, 0.15) is 12.8 Å². The van der Waals surface area contributed by atoms with Crippen molar-refractivity contribution in [3.63, 3.8) is 0 Å². The predicted octanol–water partition coefficient (Wildman–Crippen LogP) is -0.823. The topological polar surface area (TPSA) is 69.4 Å². The van der Waals surface area contributed by atoms with Crippen LogP contribution in [0.15, 0.2) is 0 Å². The average molecular weight is 129 g/mol. The molecule has 0 unspecified atom stereocenters. The summed E-state index contributed by atoms with van der Waals surface area (Å²) in [5, 5.41) is 0. The fourth-order valence-corrected chi connectivity index (χ4v) is 0.726. The number of cyclic esters (lactones) is 1. The second kappa shape index (κ2) is 2.05. The summed E-state index contributed by atoms with van der Waals surface area (Å²) in [6, 6.07) is 0. The van der Waals surface area contributed by atoms with Gasteiger partial charge in [-0.1, -0.05) is 0 Å². The van der Waals surface area contributed by atoms with Crippen molar-refractivity contribution in [2.24, 2.45) is 5.73 Å². The SMILES string of the molecule is NC(=O)[C@H]1CCC(=O)O1. The highest BCUT2D eigenvalue weighted by Gasteiger charge is 2.27. The van der Waals surface area contributed by atoms with Crippen LogP contribution in [0.2, 0.25) is 0 Å². The van der Waals surface area contributed by atoms with Gasteiger partial charge < -0.3 is 10.5 Å². The summed E-state index contributed by atoms with van der Waals surface area (Å²) in [7, 11) is 0. The molecule has 0 aromatic carbocycles. The Morgan fingerprint density at radius 1 is 1.78 bits per heavy atom. The van der Waals surface area contributed by atoms with Crippen molar-refractivity contribution < 1.29 is 14.3 Å². The fourth-order valence-electron chi connectivity index (χ4n) is 0.726. The van der Waals surface area contributed by atoms with Gasteiger partial charge in [-0.05, 0) is 0 Å². The minimum absolute atomic E-state index is 0.313. The van der Waals surface area contributed by atoms with Gasteiger partial charge in [0.15, 0.2) is 6.10 Å². The summed E-state index contributed by atoms with van der Waals surface area (Å²) in [6.07, 6.45) is 0.0828. The second-order valence-corrected chi connectivity index (χ2v) is 1.92. The van der Waals surface area contributed by atoms with E-state index in [1.54, 1.807) is 0 Å². The maximum atomic E-state index is 10.3. The molecule has 0 radical (unpaired) electrons. The molecule has 1 amide bonds. The van der Waals surface area contributed by atoms with E-state index >= 15 is 0 Å². The number of carbonyl (C=O) groups is 2. The Bertz CT molecular complexity index is 154. The van der Waals surface area contributed by atoms with Gasteiger partial charge in [0.2, 0.25) is 0 Å². The Morgan fingerprint density at radius 3 is 2.67 bits per heavy atom. The van der Waals surface area contributed by atoms with Crippen LogP contribution < -0.4 is 5.73 Å². The van der Waals surface area contributed by atoms with Crippen molar-refractivity contribution in [3.05, 3.63) is 0 Å². The van der Waals surface area contributed by atoms with Crippen molar-refractivity contribution in [3.8, 4) is 0 Å². The summed E-state index contributed by atoms with van der Waals surface area (Å²) >= 11 is 0. The Morgan fingerprint density at radius 2 is 2.44 bits per heavy atom. The number of hydrogen-bond donors (Lipinski definition) is 1. The number of primary amides is 1. The number of carbonyl (C=O) groups excluding carboxylic acids is 2. The van der Waals surface area contributed by atoms with Gasteiger partial charge in [-0.3, -0.25) is 9.59 Å². The smallest absolute Gasteiger partial charge is 0.306 e. The van der Waals surface area contributed by atoms with E-state index in [1.165, 1.54) is 0 Å². The number of hydrogen-bond acceptors (Lipinski definition) is 3. The summed E-state index contributed by atoms with van der Waals surface area (Å²) in [5.74, 6) is -0.889. The quantitative estimate of drug-likeness (QED) is 0.470. The van der Waals surface area contributed by atoms with Crippen LogP contribution in [0.4, 0.5) is 0 Å². The molecule has 0 aromatic rings. The summed E-state index contributed by atoms with van der Waals surface area (Å²) < 4.78 is 4.51. The minimum atomic E-state index is -0.669. The van der Waals surface area contributed by atoms with E-state index in [1.807, 2.05) is 0 Å². The molecule has 0 bridgehead atoms. The third-order valence-corrected chi connectivity index (χ3v) is 1.20. The molecular formula is C5H7NO3. The Hall–Kier alpha value is -1.06. The number of nitrogens with two attached hydrogens (primary N) is 1. The molecule has 0 aromatic heterocycles. The van der Waals surface area contributed by atoms with Gasteiger partial charge >= 0.3 is 5.97 Å². The van der Waals surface area contributed by atoms with E-state index in [0.29, 0.717) is 12.8 Å². The van der Waals surface area contributed by atoms with Crippen LogP contribution in [-0.4, -0.2) is 18.0 Å². The lowest BCUT2D eigenvalue weighted by atomic mass is 10.2. The molecule has 1 aliphatic heterocycles. The first kappa shape index (κ1) is 6.07. The largest absolute Gasteiger partial charge is 0.452 e. The lowest BCUT2D eigenvalue weighted by Crippen LogP contribution is -2.27. The fraction of sp³-hybridized carbons (Fsp3) is 0.600. The summed E-state index contributed by atoms with van der Waals surface area (Å²) in [5.41, 5.74) is 4.84. The van der Waals surface area contributed by atoms with Gasteiger partial charge in [-0.15, -0.1) is 0 Å². The van der Waals surface area contributed by atoms with Crippen LogP contribution in [-0.2, 0) is 14.3 Å². The first-order chi connectivity index (χ1) is 4.20. The van der Waals surface area contributed by atoms with E-state index < -0.39 is 12.0 Å². The zero-order valence-electron chi connectivity index (χ0n) is 4.79. The van der Waals surface area contributed by atoms with Crippen LogP contribution in [0, 0.1) is 0 Å². The molecule has 0 spiro atoms. The minimum Gasteiger partial charge on any atom is -0.452 e. The van der Waals surface area contributed by atoms with Crippen LogP contribution in [0.5, 0.6) is 0 Å².